The summed E-state index contributed by atoms with van der Waals surface area (Å²) in [6.45, 7) is 4.71. The van der Waals surface area contributed by atoms with E-state index in [2.05, 4.69) is 128 Å². The van der Waals surface area contributed by atoms with Gasteiger partial charge in [-0.1, -0.05) is 135 Å². The van der Waals surface area contributed by atoms with E-state index in [1.165, 1.54) is 49.5 Å². The molecule has 8 aromatic rings. The molecule has 0 N–H and O–H groups in total. The molecule has 0 unspecified atom stereocenters. The molecule has 0 aliphatic heterocycles. The summed E-state index contributed by atoms with van der Waals surface area (Å²) >= 11 is 0. The lowest BCUT2D eigenvalue weighted by molar-refractivity contribution is 0.661. The van der Waals surface area contributed by atoms with E-state index >= 15 is 0 Å². The van der Waals surface area contributed by atoms with Crippen LogP contribution >= 0.6 is 0 Å². The Labute approximate surface area is 274 Å². The maximum absolute atomic E-state index is 5.13. The van der Waals surface area contributed by atoms with E-state index in [0.717, 1.165) is 33.6 Å². The van der Waals surface area contributed by atoms with E-state index < -0.39 is 0 Å². The van der Waals surface area contributed by atoms with Crippen molar-refractivity contribution < 1.29 is 0 Å². The van der Waals surface area contributed by atoms with Crippen molar-refractivity contribution in [2.24, 2.45) is 0 Å². The molecule has 0 atom stereocenters. The van der Waals surface area contributed by atoms with Crippen LogP contribution in [0.25, 0.3) is 77.8 Å². The second kappa shape index (κ2) is 10.6. The Morgan fingerprint density at radius 2 is 1.13 bits per heavy atom. The van der Waals surface area contributed by atoms with Crippen LogP contribution < -0.4 is 0 Å². The molecule has 0 radical (unpaired) electrons. The summed E-state index contributed by atoms with van der Waals surface area (Å²) in [5, 5.41) is 4.96. The third-order valence-corrected chi connectivity index (χ3v) is 9.76. The van der Waals surface area contributed by atoms with Gasteiger partial charge in [-0.15, -0.1) is 0 Å². The van der Waals surface area contributed by atoms with Crippen molar-refractivity contribution in [1.82, 2.24) is 15.0 Å². The van der Waals surface area contributed by atoms with Gasteiger partial charge < -0.3 is 0 Å². The van der Waals surface area contributed by atoms with Gasteiger partial charge in [0.05, 0.1) is 17.1 Å². The van der Waals surface area contributed by atoms with Gasteiger partial charge in [0.2, 0.25) is 0 Å². The molecule has 0 spiro atoms. The van der Waals surface area contributed by atoms with Gasteiger partial charge in [-0.25, -0.2) is 9.97 Å². The summed E-state index contributed by atoms with van der Waals surface area (Å²) in [6, 6.07) is 51.7. The molecule has 3 heteroatoms. The minimum Gasteiger partial charge on any atom is -0.255 e. The lowest BCUT2D eigenvalue weighted by atomic mass is 9.81. The van der Waals surface area contributed by atoms with Crippen LogP contribution in [0, 0.1) is 0 Å². The molecule has 0 amide bonds. The molecule has 2 aromatic heterocycles. The maximum atomic E-state index is 5.13. The van der Waals surface area contributed by atoms with Gasteiger partial charge in [-0.2, -0.15) is 0 Å². The predicted octanol–water partition coefficient (Wildman–Crippen LogP) is 11.2. The fraction of sp³-hybridized carbons (Fsp3) is 0.0682. The highest BCUT2D eigenvalue weighted by molar-refractivity contribution is 6.06. The Morgan fingerprint density at radius 3 is 1.94 bits per heavy atom. The molecule has 1 aliphatic rings. The van der Waals surface area contributed by atoms with E-state index in [-0.39, 0.29) is 5.41 Å². The summed E-state index contributed by atoms with van der Waals surface area (Å²) < 4.78 is 0. The molecule has 0 saturated carbocycles. The molecule has 222 valence electrons. The second-order valence-electron chi connectivity index (χ2n) is 12.8. The molecule has 0 fully saturated rings. The van der Waals surface area contributed by atoms with Gasteiger partial charge in [-0.05, 0) is 79.2 Å². The molecular formula is C44H31N3. The Bertz CT molecular complexity index is 2420. The predicted molar refractivity (Wildman–Crippen MR) is 194 cm³/mol. The zero-order chi connectivity index (χ0) is 31.5. The van der Waals surface area contributed by atoms with Crippen LogP contribution in [0.1, 0.15) is 25.0 Å². The van der Waals surface area contributed by atoms with E-state index in [4.69, 9.17) is 9.97 Å². The first-order valence-corrected chi connectivity index (χ1v) is 16.1. The van der Waals surface area contributed by atoms with E-state index in [0.29, 0.717) is 5.82 Å². The number of hydrogen-bond donors (Lipinski definition) is 0. The number of aromatic nitrogens is 3. The van der Waals surface area contributed by atoms with Crippen molar-refractivity contribution in [1.29, 1.82) is 0 Å². The van der Waals surface area contributed by atoms with Crippen LogP contribution in [0.3, 0.4) is 0 Å². The Kier molecular flexibility index (Phi) is 6.16. The lowest BCUT2D eigenvalue weighted by Crippen LogP contribution is -2.15. The van der Waals surface area contributed by atoms with Crippen LogP contribution in [0.4, 0.5) is 0 Å². The van der Waals surface area contributed by atoms with Crippen LogP contribution in [0.2, 0.25) is 0 Å². The van der Waals surface area contributed by atoms with Crippen LogP contribution in [0.5, 0.6) is 0 Å². The highest BCUT2D eigenvalue weighted by Crippen LogP contribution is 2.52. The van der Waals surface area contributed by atoms with Crippen LogP contribution in [0.15, 0.2) is 152 Å². The summed E-state index contributed by atoms with van der Waals surface area (Å²) in [6.07, 6.45) is 1.81. The summed E-state index contributed by atoms with van der Waals surface area (Å²) in [5.74, 6) is 0.685. The molecule has 47 heavy (non-hydrogen) atoms. The van der Waals surface area contributed by atoms with Gasteiger partial charge >= 0.3 is 0 Å². The highest BCUT2D eigenvalue weighted by Gasteiger charge is 2.36. The average Bonchev–Trinajstić information content (AvgIpc) is 3.37. The molecule has 3 nitrogen and oxygen atoms in total. The van der Waals surface area contributed by atoms with Crippen LogP contribution in [-0.4, -0.2) is 15.0 Å². The first kappa shape index (κ1) is 27.4. The van der Waals surface area contributed by atoms with Crippen molar-refractivity contribution in [2.45, 2.75) is 19.3 Å². The van der Waals surface area contributed by atoms with Gasteiger partial charge in [0, 0.05) is 22.7 Å². The Balaban J connectivity index is 1.21. The minimum atomic E-state index is -0.100. The van der Waals surface area contributed by atoms with E-state index in [9.17, 15) is 0 Å². The topological polar surface area (TPSA) is 38.7 Å². The third-order valence-electron chi connectivity index (χ3n) is 9.76. The smallest absolute Gasteiger partial charge is 0.160 e. The minimum absolute atomic E-state index is 0.100. The number of fused-ring (bicyclic) bond motifs is 6. The van der Waals surface area contributed by atoms with Crippen molar-refractivity contribution >= 4 is 21.5 Å². The molecule has 2 heterocycles. The first-order valence-electron chi connectivity index (χ1n) is 16.1. The third kappa shape index (κ3) is 4.39. The number of hydrogen-bond acceptors (Lipinski definition) is 3. The van der Waals surface area contributed by atoms with Crippen molar-refractivity contribution in [2.75, 3.05) is 0 Å². The zero-order valence-corrected chi connectivity index (χ0v) is 26.3. The maximum Gasteiger partial charge on any atom is 0.160 e. The van der Waals surface area contributed by atoms with Gasteiger partial charge in [-0.3, -0.25) is 4.98 Å². The monoisotopic (exact) mass is 601 g/mol. The molecule has 0 bridgehead atoms. The number of pyridine rings is 1. The van der Waals surface area contributed by atoms with Gasteiger partial charge in [0.25, 0.3) is 0 Å². The van der Waals surface area contributed by atoms with Gasteiger partial charge in [0.15, 0.2) is 5.82 Å². The molecule has 0 saturated heterocycles. The Morgan fingerprint density at radius 1 is 0.447 bits per heavy atom. The summed E-state index contributed by atoms with van der Waals surface area (Å²) in [4.78, 5) is 14.7. The standard InChI is InChI=1S/C44H31N3/c1-44(2)37-24-20-28-12-6-7-15-32(28)42(37)36-21-19-30(26-38(36)44)31-22-23-35(34-17-9-8-16-33(31)34)40-27-41(39-18-10-11-25-45-39)47-43(46-40)29-13-4-3-5-14-29/h3-27H,1-2H3. The molecule has 6 aromatic carbocycles. The average molecular weight is 602 g/mol. The highest BCUT2D eigenvalue weighted by atomic mass is 14.9. The zero-order valence-electron chi connectivity index (χ0n) is 26.3. The quantitative estimate of drug-likeness (QED) is 0.201. The second-order valence-corrected chi connectivity index (χ2v) is 12.8. The fourth-order valence-corrected chi connectivity index (χ4v) is 7.40. The molecule has 1 aliphatic carbocycles. The summed E-state index contributed by atoms with van der Waals surface area (Å²) in [5.41, 5.74) is 12.4. The normalized spacial score (nSPS) is 13.1. The lowest BCUT2D eigenvalue weighted by Gasteiger charge is -2.22. The first-order chi connectivity index (χ1) is 23.1. The van der Waals surface area contributed by atoms with Crippen molar-refractivity contribution in [3.05, 3.63) is 163 Å². The van der Waals surface area contributed by atoms with Crippen molar-refractivity contribution in [3.8, 4) is 56.3 Å². The van der Waals surface area contributed by atoms with Crippen molar-refractivity contribution in [3.63, 3.8) is 0 Å². The Hall–Kier alpha value is -5.93. The number of rotatable bonds is 4. The molecular weight excluding hydrogens is 571 g/mol. The number of benzene rings is 6. The summed E-state index contributed by atoms with van der Waals surface area (Å²) in [7, 11) is 0. The SMILES string of the molecule is CC1(C)c2cc(-c3ccc(-c4cc(-c5ccccn5)nc(-c5ccccc5)n4)c4ccccc34)ccc2-c2c1ccc1ccccc21. The largest absolute Gasteiger partial charge is 0.255 e. The van der Waals surface area contributed by atoms with E-state index in [1.807, 2.05) is 42.6 Å². The molecule has 9 rings (SSSR count). The fourth-order valence-electron chi connectivity index (χ4n) is 7.40. The van der Waals surface area contributed by atoms with E-state index in [1.54, 1.807) is 0 Å². The van der Waals surface area contributed by atoms with Gasteiger partial charge in [0.1, 0.15) is 0 Å². The number of nitrogens with zero attached hydrogens (tertiary/aromatic N) is 3. The van der Waals surface area contributed by atoms with Crippen LogP contribution in [-0.2, 0) is 5.41 Å².